The molecule has 0 saturated carbocycles. The highest BCUT2D eigenvalue weighted by molar-refractivity contribution is 8.00. The molecule has 2 aliphatic rings. The number of methoxy groups -OCH3 is 1. The van der Waals surface area contributed by atoms with Crippen molar-refractivity contribution in [3.05, 3.63) is 98.5 Å². The van der Waals surface area contributed by atoms with Gasteiger partial charge in [0.15, 0.2) is 6.61 Å². The second-order valence-corrected chi connectivity index (χ2v) is 11.9. The van der Waals surface area contributed by atoms with Crippen molar-refractivity contribution in [2.45, 2.75) is 23.1 Å². The average molecular weight is 588 g/mol. The maximum Gasteiger partial charge on any atom is 0.305 e. The van der Waals surface area contributed by atoms with Crippen LogP contribution in [-0.4, -0.2) is 41.7 Å². The number of rotatable bonds is 7. The number of H-pyrrole nitrogens is 1. The minimum atomic E-state index is -0.778. The Labute approximate surface area is 243 Å². The van der Waals surface area contributed by atoms with Crippen molar-refractivity contribution in [3.63, 3.8) is 0 Å². The first-order valence-electron chi connectivity index (χ1n) is 12.8. The number of aromatic amines is 1. The second kappa shape index (κ2) is 10.9. The third-order valence-electron chi connectivity index (χ3n) is 7.07. The largest absolute Gasteiger partial charge is 0.497 e. The molecular formula is C30H25N3O6S2. The number of nitrogens with one attached hydrogen (secondary N) is 2. The Morgan fingerprint density at radius 2 is 1.78 bits per heavy atom. The molecule has 9 nitrogen and oxygen atoms in total. The average Bonchev–Trinajstić information content (AvgIpc) is 3.46. The van der Waals surface area contributed by atoms with Crippen LogP contribution in [-0.2, 0) is 14.4 Å². The minimum absolute atomic E-state index is 0.262. The van der Waals surface area contributed by atoms with Crippen molar-refractivity contribution in [2.75, 3.05) is 23.9 Å². The zero-order chi connectivity index (χ0) is 28.7. The molecule has 4 aromatic rings. The molecule has 0 aliphatic carbocycles. The Morgan fingerprint density at radius 3 is 2.54 bits per heavy atom. The Balaban J connectivity index is 1.33. The number of anilines is 2. The van der Waals surface area contributed by atoms with E-state index in [1.54, 1.807) is 49.6 Å². The first kappa shape index (κ1) is 26.9. The summed E-state index contributed by atoms with van der Waals surface area (Å²) >= 11 is 2.22. The SMILES string of the molecule is COc1ccc(N2C(=O)C3Sc4[nH]c(=O)sc4C(c4ccccc4OCC(=O)Nc4cccc(C)c4)C3C2=O)cc1. The van der Waals surface area contributed by atoms with Gasteiger partial charge in [0.25, 0.3) is 5.91 Å². The molecular weight excluding hydrogens is 562 g/mol. The molecule has 0 radical (unpaired) electrons. The van der Waals surface area contributed by atoms with E-state index in [0.717, 1.165) is 16.9 Å². The molecule has 41 heavy (non-hydrogen) atoms. The molecule has 6 rings (SSSR count). The number of carbonyl (C=O) groups is 3. The van der Waals surface area contributed by atoms with Gasteiger partial charge in [-0.3, -0.25) is 19.2 Å². The van der Waals surface area contributed by atoms with Crippen molar-refractivity contribution >= 4 is 52.2 Å². The Hall–Kier alpha value is -4.35. The number of carbonyl (C=O) groups excluding carboxylic acids is 3. The molecule has 2 aliphatic heterocycles. The van der Waals surface area contributed by atoms with Crippen LogP contribution in [0.5, 0.6) is 11.5 Å². The van der Waals surface area contributed by atoms with Gasteiger partial charge >= 0.3 is 4.87 Å². The molecule has 3 amide bonds. The predicted molar refractivity (Wildman–Crippen MR) is 157 cm³/mol. The summed E-state index contributed by atoms with van der Waals surface area (Å²) in [6.45, 7) is 1.67. The summed E-state index contributed by atoms with van der Waals surface area (Å²) in [4.78, 5) is 57.3. The number of aromatic nitrogens is 1. The van der Waals surface area contributed by atoms with E-state index < -0.39 is 17.1 Å². The van der Waals surface area contributed by atoms with Gasteiger partial charge in [-0.25, -0.2) is 4.90 Å². The highest BCUT2D eigenvalue weighted by atomic mass is 32.2. The zero-order valence-corrected chi connectivity index (χ0v) is 23.7. The molecule has 0 spiro atoms. The predicted octanol–water partition coefficient (Wildman–Crippen LogP) is 4.57. The number of ether oxygens (including phenoxy) is 2. The standard InChI is InChI=1S/C30H25N3O6S2/c1-16-6-5-7-17(14-16)31-22(34)15-39-21-9-4-3-8-20(21)23-24-26(40-27-25(23)41-30(37)32-27)29(36)33(28(24)35)18-10-12-19(38-2)13-11-18/h3-14,23-24,26H,15H2,1-2H3,(H,31,34)(H,32,37). The number of thiazole rings is 1. The summed E-state index contributed by atoms with van der Waals surface area (Å²) in [7, 11) is 1.54. The van der Waals surface area contributed by atoms with E-state index in [9.17, 15) is 19.2 Å². The lowest BCUT2D eigenvalue weighted by molar-refractivity contribution is -0.122. The van der Waals surface area contributed by atoms with Crippen LogP contribution in [0.4, 0.5) is 11.4 Å². The number of imide groups is 1. The molecule has 3 unspecified atom stereocenters. The van der Waals surface area contributed by atoms with E-state index in [-0.39, 0.29) is 29.2 Å². The Bertz CT molecular complexity index is 1710. The second-order valence-electron chi connectivity index (χ2n) is 9.70. The number of aryl methyl sites for hydroxylation is 1. The number of hydrogen-bond acceptors (Lipinski definition) is 8. The van der Waals surface area contributed by atoms with E-state index in [4.69, 9.17) is 9.47 Å². The number of thioether (sulfide) groups is 1. The molecule has 1 fully saturated rings. The molecule has 11 heteroatoms. The fourth-order valence-corrected chi connectivity index (χ4v) is 7.78. The molecule has 2 N–H and O–H groups in total. The summed E-state index contributed by atoms with van der Waals surface area (Å²) in [6.07, 6.45) is 0. The van der Waals surface area contributed by atoms with Crippen LogP contribution in [0.15, 0.2) is 82.6 Å². The van der Waals surface area contributed by atoms with Gasteiger partial charge in [0, 0.05) is 22.0 Å². The summed E-state index contributed by atoms with van der Waals surface area (Å²) in [5.41, 5.74) is 2.75. The Morgan fingerprint density at radius 1 is 1.00 bits per heavy atom. The van der Waals surface area contributed by atoms with Crippen molar-refractivity contribution in [1.29, 1.82) is 0 Å². The van der Waals surface area contributed by atoms with Crippen LogP contribution in [0, 0.1) is 12.8 Å². The summed E-state index contributed by atoms with van der Waals surface area (Å²) in [6, 6.07) is 21.3. The molecule has 3 aromatic carbocycles. The van der Waals surface area contributed by atoms with Crippen LogP contribution in [0.1, 0.15) is 21.9 Å². The molecule has 3 atom stereocenters. The van der Waals surface area contributed by atoms with Crippen LogP contribution in [0.25, 0.3) is 0 Å². The van der Waals surface area contributed by atoms with Gasteiger partial charge < -0.3 is 19.8 Å². The number of benzene rings is 3. The van der Waals surface area contributed by atoms with Gasteiger partial charge in [-0.15, -0.1) is 0 Å². The van der Waals surface area contributed by atoms with Crippen LogP contribution < -0.4 is 24.6 Å². The van der Waals surface area contributed by atoms with Crippen LogP contribution >= 0.6 is 23.1 Å². The minimum Gasteiger partial charge on any atom is -0.497 e. The van der Waals surface area contributed by atoms with Gasteiger partial charge in [-0.1, -0.05) is 53.4 Å². The summed E-state index contributed by atoms with van der Waals surface area (Å²) in [5, 5.41) is 2.65. The smallest absolute Gasteiger partial charge is 0.305 e. The third kappa shape index (κ3) is 5.02. The van der Waals surface area contributed by atoms with Crippen LogP contribution in [0.2, 0.25) is 0 Å². The topological polar surface area (TPSA) is 118 Å². The normalized spacial score (nSPS) is 19.5. The molecule has 1 saturated heterocycles. The van der Waals surface area contributed by atoms with E-state index in [0.29, 0.717) is 38.3 Å². The van der Waals surface area contributed by atoms with Crippen molar-refractivity contribution < 1.29 is 23.9 Å². The summed E-state index contributed by atoms with van der Waals surface area (Å²) < 4.78 is 11.2. The molecule has 0 bridgehead atoms. The number of fused-ring (bicyclic) bond motifs is 2. The van der Waals surface area contributed by atoms with Crippen molar-refractivity contribution in [1.82, 2.24) is 4.98 Å². The number of amides is 3. The monoisotopic (exact) mass is 587 g/mol. The number of hydrogen-bond donors (Lipinski definition) is 2. The highest BCUT2D eigenvalue weighted by Crippen LogP contribution is 2.54. The highest BCUT2D eigenvalue weighted by Gasteiger charge is 2.56. The van der Waals surface area contributed by atoms with Gasteiger partial charge in [0.2, 0.25) is 11.8 Å². The first-order chi connectivity index (χ1) is 19.8. The van der Waals surface area contributed by atoms with E-state index >= 15 is 0 Å². The molecule has 3 heterocycles. The number of nitrogens with zero attached hydrogens (tertiary/aromatic N) is 1. The molecule has 1 aromatic heterocycles. The quantitative estimate of drug-likeness (QED) is 0.304. The van der Waals surface area contributed by atoms with E-state index in [1.807, 2.05) is 37.3 Å². The Kier molecular flexibility index (Phi) is 7.14. The van der Waals surface area contributed by atoms with Gasteiger partial charge in [-0.05, 0) is 55.0 Å². The van der Waals surface area contributed by atoms with E-state index in [2.05, 4.69) is 10.3 Å². The first-order valence-corrected chi connectivity index (χ1v) is 14.5. The summed E-state index contributed by atoms with van der Waals surface area (Å²) in [5.74, 6) is -1.45. The fourth-order valence-electron chi connectivity index (χ4n) is 5.27. The fraction of sp³-hybridized carbons (Fsp3) is 0.200. The van der Waals surface area contributed by atoms with E-state index in [1.165, 1.54) is 16.7 Å². The third-order valence-corrected chi connectivity index (χ3v) is 9.47. The molecule has 208 valence electrons. The lowest BCUT2D eigenvalue weighted by Gasteiger charge is -2.30. The van der Waals surface area contributed by atoms with Crippen LogP contribution in [0.3, 0.4) is 0 Å². The van der Waals surface area contributed by atoms with Crippen molar-refractivity contribution in [2.24, 2.45) is 5.92 Å². The van der Waals surface area contributed by atoms with Gasteiger partial charge in [0.05, 0.1) is 23.7 Å². The van der Waals surface area contributed by atoms with Crippen molar-refractivity contribution in [3.8, 4) is 11.5 Å². The maximum absolute atomic E-state index is 14.0. The number of para-hydroxylation sites is 1. The lowest BCUT2D eigenvalue weighted by Crippen LogP contribution is -2.32. The van der Waals surface area contributed by atoms with Gasteiger partial charge in [-0.2, -0.15) is 0 Å². The zero-order valence-electron chi connectivity index (χ0n) is 22.1. The maximum atomic E-state index is 14.0. The lowest BCUT2D eigenvalue weighted by atomic mass is 9.82. The van der Waals surface area contributed by atoms with Gasteiger partial charge in [0.1, 0.15) is 16.7 Å².